The van der Waals surface area contributed by atoms with Crippen molar-refractivity contribution in [1.82, 2.24) is 5.32 Å². The number of rotatable bonds is 14. The van der Waals surface area contributed by atoms with E-state index in [4.69, 9.17) is 0 Å². The van der Waals surface area contributed by atoms with E-state index in [1.54, 1.807) is 0 Å². The van der Waals surface area contributed by atoms with Crippen LogP contribution in [-0.4, -0.2) is 12.1 Å². The summed E-state index contributed by atoms with van der Waals surface area (Å²) in [6.07, 6.45) is 19.7. The monoisotopic (exact) mass is 281 g/mol. The summed E-state index contributed by atoms with van der Waals surface area (Å²) in [7, 11) is 0. The van der Waals surface area contributed by atoms with Crippen molar-refractivity contribution in [3.63, 3.8) is 0 Å². The molecule has 0 saturated carbocycles. The van der Waals surface area contributed by atoms with Gasteiger partial charge in [0.05, 0.1) is 0 Å². The van der Waals surface area contributed by atoms with Crippen LogP contribution in [-0.2, 0) is 0 Å². The molecule has 0 rings (SSSR count). The highest BCUT2D eigenvalue weighted by molar-refractivity contribution is 4.81. The van der Waals surface area contributed by atoms with E-state index in [1.807, 2.05) is 0 Å². The molecule has 0 radical (unpaired) electrons. The van der Waals surface area contributed by atoms with Crippen LogP contribution in [0.5, 0.6) is 0 Å². The fourth-order valence-electron chi connectivity index (χ4n) is 2.67. The van der Waals surface area contributed by atoms with Crippen molar-refractivity contribution in [2.24, 2.45) is 0 Å². The van der Waals surface area contributed by atoms with Crippen LogP contribution in [0.15, 0.2) is 12.2 Å². The molecule has 0 saturated heterocycles. The molecule has 0 atom stereocenters. The normalized spacial score (nSPS) is 12.4. The van der Waals surface area contributed by atoms with E-state index in [-0.39, 0.29) is 0 Å². The highest BCUT2D eigenvalue weighted by Crippen LogP contribution is 2.15. The van der Waals surface area contributed by atoms with Gasteiger partial charge in [-0.2, -0.15) is 0 Å². The van der Waals surface area contributed by atoms with Crippen molar-refractivity contribution >= 4 is 0 Å². The van der Waals surface area contributed by atoms with Crippen molar-refractivity contribution in [3.05, 3.63) is 12.2 Å². The second-order valence-corrected chi connectivity index (χ2v) is 6.69. The number of hydrogen-bond donors (Lipinski definition) is 1. The van der Waals surface area contributed by atoms with Crippen molar-refractivity contribution in [3.8, 4) is 0 Å². The third kappa shape index (κ3) is 14.1. The molecule has 0 aliphatic rings. The molecule has 0 aliphatic carbocycles. The Bertz CT molecular complexity index is 218. The predicted octanol–water partition coefficient (Wildman–Crippen LogP) is 6.24. The summed E-state index contributed by atoms with van der Waals surface area (Å²) in [6, 6.07) is 0. The molecule has 1 nitrogen and oxygen atoms in total. The first-order valence-electron chi connectivity index (χ1n) is 9.02. The molecule has 1 heteroatoms. The summed E-state index contributed by atoms with van der Waals surface area (Å²) >= 11 is 0. The van der Waals surface area contributed by atoms with Crippen molar-refractivity contribution < 1.29 is 0 Å². The summed E-state index contributed by atoms with van der Waals surface area (Å²) in [4.78, 5) is 0. The van der Waals surface area contributed by atoms with Gasteiger partial charge in [0, 0.05) is 5.54 Å². The van der Waals surface area contributed by atoms with Gasteiger partial charge in [-0.05, 0) is 52.5 Å². The van der Waals surface area contributed by atoms with Gasteiger partial charge in [0.15, 0.2) is 0 Å². The highest BCUT2D eigenvalue weighted by Gasteiger charge is 2.14. The van der Waals surface area contributed by atoms with Crippen molar-refractivity contribution in [1.29, 1.82) is 0 Å². The molecular weight excluding hydrogens is 242 g/mol. The van der Waals surface area contributed by atoms with Crippen molar-refractivity contribution in [2.75, 3.05) is 6.54 Å². The van der Waals surface area contributed by atoms with Crippen molar-refractivity contribution in [2.45, 2.75) is 104 Å². The van der Waals surface area contributed by atoms with Crippen LogP contribution in [0.2, 0.25) is 0 Å². The lowest BCUT2D eigenvalue weighted by Crippen LogP contribution is -2.38. The molecule has 0 fully saturated rings. The van der Waals surface area contributed by atoms with E-state index in [2.05, 4.69) is 45.2 Å². The first-order chi connectivity index (χ1) is 9.62. The van der Waals surface area contributed by atoms with E-state index >= 15 is 0 Å². The molecule has 0 spiro atoms. The summed E-state index contributed by atoms with van der Waals surface area (Å²) in [5.41, 5.74) is 0.327. The Morgan fingerprint density at radius 1 is 0.750 bits per heavy atom. The molecule has 120 valence electrons. The van der Waals surface area contributed by atoms with E-state index in [0.717, 1.165) is 6.54 Å². The smallest absolute Gasteiger partial charge is 0.0125 e. The van der Waals surface area contributed by atoms with E-state index < -0.39 is 0 Å². The molecule has 0 heterocycles. The second kappa shape index (κ2) is 13.7. The lowest BCUT2D eigenvalue weighted by atomic mass is 9.96. The molecular formula is C19H39N. The van der Waals surface area contributed by atoms with Gasteiger partial charge in [-0.1, -0.05) is 64.5 Å². The molecule has 0 amide bonds. The fraction of sp³-hybridized carbons (Fsp3) is 0.895. The minimum atomic E-state index is 0.327. The van der Waals surface area contributed by atoms with Gasteiger partial charge in [-0.3, -0.25) is 0 Å². The zero-order valence-electron chi connectivity index (χ0n) is 14.6. The van der Waals surface area contributed by atoms with Gasteiger partial charge < -0.3 is 5.32 Å². The number of nitrogens with one attached hydrogen (secondary N) is 1. The average Bonchev–Trinajstić information content (AvgIpc) is 2.40. The van der Waals surface area contributed by atoms with Crippen LogP contribution in [0.3, 0.4) is 0 Å². The Labute approximate surface area is 128 Å². The second-order valence-electron chi connectivity index (χ2n) is 6.69. The Kier molecular flexibility index (Phi) is 13.5. The average molecular weight is 282 g/mol. The summed E-state index contributed by atoms with van der Waals surface area (Å²) < 4.78 is 0. The molecule has 0 aromatic heterocycles. The predicted molar refractivity (Wildman–Crippen MR) is 93.4 cm³/mol. The molecule has 0 aromatic rings. The van der Waals surface area contributed by atoms with Crippen LogP contribution in [0.25, 0.3) is 0 Å². The minimum absolute atomic E-state index is 0.327. The molecule has 20 heavy (non-hydrogen) atoms. The number of allylic oxidation sites excluding steroid dienone is 2. The first-order valence-corrected chi connectivity index (χ1v) is 9.02. The number of hydrogen-bond acceptors (Lipinski definition) is 1. The molecule has 0 unspecified atom stereocenters. The third-order valence-corrected chi connectivity index (χ3v) is 3.97. The Hall–Kier alpha value is -0.300. The van der Waals surface area contributed by atoms with Gasteiger partial charge in [0.25, 0.3) is 0 Å². The van der Waals surface area contributed by atoms with Gasteiger partial charge in [-0.25, -0.2) is 0 Å². The molecule has 0 bridgehead atoms. The van der Waals surface area contributed by atoms with E-state index in [9.17, 15) is 0 Å². The van der Waals surface area contributed by atoms with E-state index in [1.165, 1.54) is 70.6 Å². The topological polar surface area (TPSA) is 12.0 Å². The molecule has 1 N–H and O–H groups in total. The van der Waals surface area contributed by atoms with Gasteiger partial charge in [0.1, 0.15) is 0 Å². The Morgan fingerprint density at radius 2 is 1.30 bits per heavy atom. The zero-order valence-corrected chi connectivity index (χ0v) is 14.6. The Balaban J connectivity index is 3.26. The quantitative estimate of drug-likeness (QED) is 0.293. The maximum atomic E-state index is 3.55. The van der Waals surface area contributed by atoms with Crippen LogP contribution in [0.4, 0.5) is 0 Å². The summed E-state index contributed by atoms with van der Waals surface area (Å²) in [6.45, 7) is 10.2. The van der Waals surface area contributed by atoms with Gasteiger partial charge in [0.2, 0.25) is 0 Å². The lowest BCUT2D eigenvalue weighted by molar-refractivity contribution is 0.355. The summed E-state index contributed by atoms with van der Waals surface area (Å²) in [5, 5.41) is 3.55. The van der Waals surface area contributed by atoms with Crippen LogP contribution >= 0.6 is 0 Å². The summed E-state index contributed by atoms with van der Waals surface area (Å²) in [5.74, 6) is 0. The lowest BCUT2D eigenvalue weighted by Gasteiger charge is -2.25. The fourth-order valence-corrected chi connectivity index (χ4v) is 2.67. The largest absolute Gasteiger partial charge is 0.312 e. The van der Waals surface area contributed by atoms with Gasteiger partial charge in [-0.15, -0.1) is 0 Å². The van der Waals surface area contributed by atoms with Crippen LogP contribution in [0.1, 0.15) is 98.3 Å². The standard InChI is InChI=1S/C19H39N/c1-5-7-8-9-10-11-12-13-14-15-16-17-18-19(3,4)20-6-2/h11-12,20H,5-10,13-18H2,1-4H3/b12-11+. The van der Waals surface area contributed by atoms with Crippen LogP contribution in [0, 0.1) is 0 Å². The minimum Gasteiger partial charge on any atom is -0.312 e. The zero-order chi connectivity index (χ0) is 15.1. The van der Waals surface area contributed by atoms with Gasteiger partial charge >= 0.3 is 0 Å². The third-order valence-electron chi connectivity index (χ3n) is 3.97. The Morgan fingerprint density at radius 3 is 1.85 bits per heavy atom. The number of unbranched alkanes of at least 4 members (excludes halogenated alkanes) is 8. The highest BCUT2D eigenvalue weighted by atomic mass is 14.9. The maximum absolute atomic E-state index is 3.55. The SMILES string of the molecule is CCCCCC/C=C/CCCCCCC(C)(C)NCC. The van der Waals surface area contributed by atoms with E-state index in [0.29, 0.717) is 5.54 Å². The van der Waals surface area contributed by atoms with Crippen LogP contribution < -0.4 is 5.32 Å². The molecule has 0 aliphatic heterocycles. The first kappa shape index (κ1) is 19.7. The maximum Gasteiger partial charge on any atom is 0.0125 e. The molecule has 0 aromatic carbocycles.